The third-order valence-corrected chi connectivity index (χ3v) is 7.36. The number of nitriles is 4. The van der Waals surface area contributed by atoms with E-state index >= 15 is 0 Å². The summed E-state index contributed by atoms with van der Waals surface area (Å²) in [5.41, 5.74) is -1.51. The van der Waals surface area contributed by atoms with Gasteiger partial charge in [0.2, 0.25) is 0 Å². The lowest BCUT2D eigenvalue weighted by molar-refractivity contribution is -0.138. The Bertz CT molecular complexity index is 2280. The number of hydrogen-bond donors (Lipinski definition) is 0. The largest absolute Gasteiger partial charge is 0.416 e. The average molecular weight is 651 g/mol. The van der Waals surface area contributed by atoms with Crippen molar-refractivity contribution in [3.05, 3.63) is 99.8 Å². The quantitative estimate of drug-likeness (QED) is 0.162. The summed E-state index contributed by atoms with van der Waals surface area (Å²) < 4.78 is 80.6. The Morgan fingerprint density at radius 3 is 1.88 bits per heavy atom. The first-order valence-corrected chi connectivity index (χ1v) is 13.6. The van der Waals surface area contributed by atoms with Crippen molar-refractivity contribution < 1.29 is 26.3 Å². The van der Waals surface area contributed by atoms with E-state index in [2.05, 4.69) is 20.0 Å². The first-order valence-electron chi connectivity index (χ1n) is 13.6. The SMILES string of the molecule is CN=C1C(=Nc2ccc3nc(C(C)=C(C#N)C#N)c(-c4ccc(C(F)(F)F)cc4)nc3c2)C(=C(C#N)C#N)c2cc(C(F)(F)F)ccc21. The zero-order chi connectivity index (χ0) is 35.0. The van der Waals surface area contributed by atoms with Crippen LogP contribution in [0.2, 0.25) is 0 Å². The molecule has 0 aliphatic heterocycles. The molecule has 0 spiro atoms. The van der Waals surface area contributed by atoms with Gasteiger partial charge in [-0.15, -0.1) is 0 Å². The van der Waals surface area contributed by atoms with Crippen molar-refractivity contribution in [3.63, 3.8) is 0 Å². The maximum atomic E-state index is 13.6. The van der Waals surface area contributed by atoms with Gasteiger partial charge in [-0.25, -0.2) is 15.0 Å². The Morgan fingerprint density at radius 2 is 1.31 bits per heavy atom. The van der Waals surface area contributed by atoms with Crippen molar-refractivity contribution in [1.82, 2.24) is 9.97 Å². The van der Waals surface area contributed by atoms with Gasteiger partial charge in [0.15, 0.2) is 0 Å². The van der Waals surface area contributed by atoms with Crippen LogP contribution >= 0.6 is 0 Å². The van der Waals surface area contributed by atoms with Crippen LogP contribution in [0.5, 0.6) is 0 Å². The van der Waals surface area contributed by atoms with E-state index in [0.717, 1.165) is 24.3 Å². The first kappa shape index (κ1) is 32.7. The molecule has 0 unspecified atom stereocenters. The Morgan fingerprint density at radius 1 is 0.688 bits per heavy atom. The van der Waals surface area contributed by atoms with Crippen LogP contribution < -0.4 is 0 Å². The zero-order valence-electron chi connectivity index (χ0n) is 24.6. The van der Waals surface area contributed by atoms with E-state index < -0.39 is 29.1 Å². The Kier molecular flexibility index (Phi) is 8.38. The summed E-state index contributed by atoms with van der Waals surface area (Å²) in [7, 11) is 1.38. The van der Waals surface area contributed by atoms with E-state index in [0.29, 0.717) is 0 Å². The lowest BCUT2D eigenvalue weighted by Gasteiger charge is -2.13. The number of nitrogens with zero attached hydrogens (tertiary/aromatic N) is 8. The third kappa shape index (κ3) is 5.87. The molecule has 0 saturated heterocycles. The molecule has 0 amide bonds. The molecule has 0 atom stereocenters. The molecule has 0 bridgehead atoms. The van der Waals surface area contributed by atoms with Crippen LogP contribution in [0.4, 0.5) is 32.0 Å². The normalized spacial score (nSPS) is 14.2. The average Bonchev–Trinajstić information content (AvgIpc) is 3.36. The third-order valence-electron chi connectivity index (χ3n) is 7.36. The van der Waals surface area contributed by atoms with Gasteiger partial charge in [-0.2, -0.15) is 47.4 Å². The predicted octanol–water partition coefficient (Wildman–Crippen LogP) is 8.16. The molecule has 1 aromatic heterocycles. The number of allylic oxidation sites excluding steroid dienone is 4. The highest BCUT2D eigenvalue weighted by atomic mass is 19.4. The maximum Gasteiger partial charge on any atom is 0.416 e. The van der Waals surface area contributed by atoms with E-state index in [-0.39, 0.29) is 72.9 Å². The van der Waals surface area contributed by atoms with Gasteiger partial charge in [-0.1, -0.05) is 18.2 Å². The van der Waals surface area contributed by atoms with Crippen molar-refractivity contribution in [1.29, 1.82) is 21.0 Å². The van der Waals surface area contributed by atoms with Crippen molar-refractivity contribution in [2.24, 2.45) is 9.98 Å². The second kappa shape index (κ2) is 12.3. The van der Waals surface area contributed by atoms with Crippen molar-refractivity contribution in [3.8, 4) is 35.5 Å². The summed E-state index contributed by atoms with van der Waals surface area (Å²) in [4.78, 5) is 17.9. The standard InChI is InChI=1S/C34H16F6N8/c1-17(19(13-41)14-42)29-30(18-3-5-21(6-4-18)33(35,36)37)48-27-12-23(8-10-26(27)47-29)46-32-28(20(15-43)16-44)25-11-22(34(38,39)40)7-9-24(25)31(32)45-2/h3-12H,1-2H3. The van der Waals surface area contributed by atoms with Gasteiger partial charge in [0.1, 0.15) is 35.4 Å². The Labute approximate surface area is 268 Å². The van der Waals surface area contributed by atoms with Crippen LogP contribution in [-0.4, -0.2) is 28.4 Å². The summed E-state index contributed by atoms with van der Waals surface area (Å²) in [6.45, 7) is 1.45. The van der Waals surface area contributed by atoms with Gasteiger partial charge in [0.05, 0.1) is 50.7 Å². The van der Waals surface area contributed by atoms with E-state index in [1.807, 2.05) is 0 Å². The molecule has 48 heavy (non-hydrogen) atoms. The number of rotatable bonds is 3. The molecule has 5 rings (SSSR count). The number of aromatic nitrogens is 2. The minimum Gasteiger partial charge on any atom is -0.286 e. The molecular formula is C34H16F6N8. The molecule has 8 nitrogen and oxygen atoms in total. The molecular weight excluding hydrogens is 634 g/mol. The van der Waals surface area contributed by atoms with Gasteiger partial charge in [0, 0.05) is 29.3 Å². The summed E-state index contributed by atoms with van der Waals surface area (Å²) in [6, 6.07) is 18.3. The van der Waals surface area contributed by atoms with E-state index in [9.17, 15) is 47.4 Å². The Hall–Kier alpha value is -6.64. The van der Waals surface area contributed by atoms with Crippen molar-refractivity contribution >= 4 is 39.3 Å². The van der Waals surface area contributed by atoms with Crippen LogP contribution in [0.25, 0.3) is 33.4 Å². The fourth-order valence-corrected chi connectivity index (χ4v) is 5.06. The molecule has 3 aromatic carbocycles. The van der Waals surface area contributed by atoms with Gasteiger partial charge < -0.3 is 0 Å². The van der Waals surface area contributed by atoms with Crippen LogP contribution in [0, 0.1) is 45.3 Å². The number of halogens is 6. The van der Waals surface area contributed by atoms with Crippen LogP contribution in [0.15, 0.2) is 81.8 Å². The second-order valence-corrected chi connectivity index (χ2v) is 10.2. The summed E-state index contributed by atoms with van der Waals surface area (Å²) >= 11 is 0. The van der Waals surface area contributed by atoms with Gasteiger partial charge in [-0.3, -0.25) is 4.99 Å². The highest BCUT2D eigenvalue weighted by Gasteiger charge is 2.37. The van der Waals surface area contributed by atoms with Gasteiger partial charge in [-0.05, 0) is 55.0 Å². The van der Waals surface area contributed by atoms with Crippen LogP contribution in [0.3, 0.4) is 0 Å². The highest BCUT2D eigenvalue weighted by Crippen LogP contribution is 2.40. The second-order valence-electron chi connectivity index (χ2n) is 10.2. The summed E-state index contributed by atoms with van der Waals surface area (Å²) in [5, 5.41) is 38.3. The molecule has 1 aliphatic rings. The zero-order valence-corrected chi connectivity index (χ0v) is 24.6. The van der Waals surface area contributed by atoms with E-state index in [4.69, 9.17) is 0 Å². The molecule has 1 aliphatic carbocycles. The fourth-order valence-electron chi connectivity index (χ4n) is 5.06. The highest BCUT2D eigenvalue weighted by molar-refractivity contribution is 6.67. The van der Waals surface area contributed by atoms with Crippen molar-refractivity contribution in [2.75, 3.05) is 7.05 Å². The van der Waals surface area contributed by atoms with Crippen molar-refractivity contribution in [2.45, 2.75) is 19.3 Å². The van der Waals surface area contributed by atoms with Crippen LogP contribution in [0.1, 0.15) is 34.9 Å². The Balaban J connectivity index is 1.75. The molecule has 0 N–H and O–H groups in total. The first-order chi connectivity index (χ1) is 22.7. The lowest BCUT2D eigenvalue weighted by atomic mass is 9.99. The van der Waals surface area contributed by atoms with Crippen LogP contribution in [-0.2, 0) is 12.4 Å². The number of hydrogen-bond acceptors (Lipinski definition) is 8. The summed E-state index contributed by atoms with van der Waals surface area (Å²) in [6.07, 6.45) is -9.31. The topological polar surface area (TPSA) is 146 Å². The number of aliphatic imine (C=N–C) groups is 2. The smallest absolute Gasteiger partial charge is 0.286 e. The molecule has 0 saturated carbocycles. The molecule has 0 fully saturated rings. The minimum absolute atomic E-state index is 0.0386. The fraction of sp³-hybridized carbons (Fsp3) is 0.118. The number of benzene rings is 3. The van der Waals surface area contributed by atoms with Gasteiger partial charge >= 0.3 is 12.4 Å². The van der Waals surface area contributed by atoms with Gasteiger partial charge in [0.25, 0.3) is 0 Å². The van der Waals surface area contributed by atoms with E-state index in [1.165, 1.54) is 50.4 Å². The monoisotopic (exact) mass is 650 g/mol. The lowest BCUT2D eigenvalue weighted by Crippen LogP contribution is -2.09. The number of alkyl halides is 6. The molecule has 14 heteroatoms. The number of fused-ring (bicyclic) bond motifs is 2. The van der Waals surface area contributed by atoms with E-state index in [1.54, 1.807) is 24.3 Å². The summed E-state index contributed by atoms with van der Waals surface area (Å²) in [5.74, 6) is 0. The predicted molar refractivity (Wildman–Crippen MR) is 163 cm³/mol. The minimum atomic E-state index is -4.71. The molecule has 1 heterocycles. The molecule has 0 radical (unpaired) electrons. The maximum absolute atomic E-state index is 13.6. The molecule has 234 valence electrons. The molecule has 4 aromatic rings.